The number of halogens is 7. The van der Waals surface area contributed by atoms with Crippen molar-refractivity contribution in [2.45, 2.75) is 109 Å². The zero-order chi connectivity index (χ0) is 25.8. The van der Waals surface area contributed by atoms with Gasteiger partial charge in [-0.15, -0.1) is 0 Å². The molecule has 0 bridgehead atoms. The van der Waals surface area contributed by atoms with E-state index in [9.17, 15) is 40.3 Å². The normalized spacial score (nSPS) is 13.2. The van der Waals surface area contributed by atoms with E-state index in [1.165, 1.54) is 33.1 Å². The molecule has 0 aliphatic heterocycles. The highest BCUT2D eigenvalue weighted by Gasteiger charge is 2.73. The molecule has 0 aromatic carbocycles. The average Bonchev–Trinajstić information content (AvgIpc) is 2.74. The molecule has 196 valence electrons. The molecule has 0 aromatic rings. The SMILES string of the molecule is CCCCCCCCCCCOC(=O)C(CC)(CC)C(=O)OCC(F)(F)C(F)(F)C(F)(F)F. The van der Waals surface area contributed by atoms with Gasteiger partial charge in [-0.05, 0) is 19.3 Å². The molecule has 0 aromatic heterocycles. The van der Waals surface area contributed by atoms with Crippen LogP contribution < -0.4 is 0 Å². The van der Waals surface area contributed by atoms with Crippen LogP contribution in [-0.4, -0.2) is 43.2 Å². The van der Waals surface area contributed by atoms with Crippen molar-refractivity contribution in [2.75, 3.05) is 13.2 Å². The van der Waals surface area contributed by atoms with Crippen LogP contribution in [0.3, 0.4) is 0 Å². The number of esters is 2. The van der Waals surface area contributed by atoms with E-state index in [1.807, 2.05) is 0 Å². The number of alkyl halides is 7. The molecule has 11 heteroatoms. The first-order valence-electron chi connectivity index (χ1n) is 11.4. The molecule has 0 atom stereocenters. The number of hydrogen-bond donors (Lipinski definition) is 0. The Kier molecular flexibility index (Phi) is 13.3. The predicted molar refractivity (Wildman–Crippen MR) is 108 cm³/mol. The van der Waals surface area contributed by atoms with Crippen molar-refractivity contribution in [2.24, 2.45) is 5.41 Å². The second-order valence-electron chi connectivity index (χ2n) is 8.11. The van der Waals surface area contributed by atoms with E-state index in [0.717, 1.165) is 32.1 Å². The summed E-state index contributed by atoms with van der Waals surface area (Å²) < 4.78 is 98.7. The van der Waals surface area contributed by atoms with Crippen LogP contribution in [0, 0.1) is 5.41 Å². The number of ether oxygens (including phenoxy) is 2. The van der Waals surface area contributed by atoms with Gasteiger partial charge in [0.05, 0.1) is 6.61 Å². The Morgan fingerprint density at radius 3 is 1.48 bits per heavy atom. The van der Waals surface area contributed by atoms with Crippen molar-refractivity contribution in [1.29, 1.82) is 0 Å². The second-order valence-corrected chi connectivity index (χ2v) is 8.11. The molecule has 0 N–H and O–H groups in total. The number of rotatable bonds is 17. The third-order valence-electron chi connectivity index (χ3n) is 5.67. The van der Waals surface area contributed by atoms with Crippen molar-refractivity contribution >= 4 is 11.9 Å². The van der Waals surface area contributed by atoms with Crippen LogP contribution in [0.15, 0.2) is 0 Å². The Balaban J connectivity index is 4.71. The van der Waals surface area contributed by atoms with Gasteiger partial charge in [-0.25, -0.2) is 0 Å². The fraction of sp³-hybridized carbons (Fsp3) is 0.909. The van der Waals surface area contributed by atoms with E-state index >= 15 is 0 Å². The summed E-state index contributed by atoms with van der Waals surface area (Å²) in [7, 11) is 0. The Hall–Kier alpha value is -1.55. The van der Waals surface area contributed by atoms with Gasteiger partial charge in [0, 0.05) is 0 Å². The first-order chi connectivity index (χ1) is 15.2. The molecular formula is C22H35F7O4. The smallest absolute Gasteiger partial charge is 0.460 e. The largest absolute Gasteiger partial charge is 0.465 e. The van der Waals surface area contributed by atoms with Crippen molar-refractivity contribution in [3.63, 3.8) is 0 Å². The fourth-order valence-corrected chi connectivity index (χ4v) is 3.22. The molecule has 0 aliphatic rings. The van der Waals surface area contributed by atoms with Gasteiger partial charge >= 0.3 is 30.0 Å². The minimum Gasteiger partial charge on any atom is -0.465 e. The summed E-state index contributed by atoms with van der Waals surface area (Å²) in [4.78, 5) is 24.7. The van der Waals surface area contributed by atoms with Crippen LogP contribution in [-0.2, 0) is 19.1 Å². The zero-order valence-electron chi connectivity index (χ0n) is 19.5. The molecule has 33 heavy (non-hydrogen) atoms. The summed E-state index contributed by atoms with van der Waals surface area (Å²) in [5, 5.41) is 0. The molecule has 0 fully saturated rings. The van der Waals surface area contributed by atoms with Crippen LogP contribution in [0.5, 0.6) is 0 Å². The molecule has 0 unspecified atom stereocenters. The molecule has 4 nitrogen and oxygen atoms in total. The fourth-order valence-electron chi connectivity index (χ4n) is 3.22. The van der Waals surface area contributed by atoms with Gasteiger partial charge < -0.3 is 9.47 Å². The number of hydrogen-bond acceptors (Lipinski definition) is 4. The molecule has 0 rings (SSSR count). The van der Waals surface area contributed by atoms with Crippen molar-refractivity contribution < 1.29 is 49.8 Å². The maximum absolute atomic E-state index is 13.4. The Bertz CT molecular complexity index is 588. The van der Waals surface area contributed by atoms with Crippen LogP contribution in [0.1, 0.15) is 91.4 Å². The summed E-state index contributed by atoms with van der Waals surface area (Å²) in [6.45, 7) is 2.28. The lowest BCUT2D eigenvalue weighted by molar-refractivity contribution is -0.360. The lowest BCUT2D eigenvalue weighted by Crippen LogP contribution is -2.55. The second kappa shape index (κ2) is 14.0. The monoisotopic (exact) mass is 496 g/mol. The molecule has 0 amide bonds. The standard InChI is InChI=1S/C22H35F7O4/c1-4-7-8-9-10-11-12-13-14-15-32-17(30)19(5-2,6-3)18(31)33-16-20(23,24)21(25,26)22(27,28)29/h4-16H2,1-3H3. The third kappa shape index (κ3) is 8.96. The maximum Gasteiger partial charge on any atom is 0.460 e. The van der Waals surface area contributed by atoms with Crippen LogP contribution in [0.2, 0.25) is 0 Å². The van der Waals surface area contributed by atoms with Crippen molar-refractivity contribution in [3.8, 4) is 0 Å². The summed E-state index contributed by atoms with van der Waals surface area (Å²) in [5.41, 5.74) is -2.07. The molecule has 0 aliphatic carbocycles. The van der Waals surface area contributed by atoms with E-state index in [-0.39, 0.29) is 19.4 Å². The highest BCUT2D eigenvalue weighted by molar-refractivity contribution is 6.00. The first kappa shape index (κ1) is 31.4. The van der Waals surface area contributed by atoms with E-state index in [0.29, 0.717) is 6.42 Å². The van der Waals surface area contributed by atoms with Gasteiger partial charge in [0.25, 0.3) is 0 Å². The third-order valence-corrected chi connectivity index (χ3v) is 5.67. The summed E-state index contributed by atoms with van der Waals surface area (Å²) in [5.74, 6) is -14.8. The van der Waals surface area contributed by atoms with Gasteiger partial charge in [-0.3, -0.25) is 9.59 Å². The minimum atomic E-state index is -6.54. The van der Waals surface area contributed by atoms with Crippen molar-refractivity contribution in [1.82, 2.24) is 0 Å². The van der Waals surface area contributed by atoms with Crippen LogP contribution in [0.25, 0.3) is 0 Å². The number of unbranched alkanes of at least 4 members (excludes halogenated alkanes) is 8. The predicted octanol–water partition coefficient (Wildman–Crippen LogP) is 7.24. The summed E-state index contributed by atoms with van der Waals surface area (Å²) >= 11 is 0. The van der Waals surface area contributed by atoms with Gasteiger partial charge in [-0.1, -0.05) is 72.1 Å². The quantitative estimate of drug-likeness (QED) is 0.0922. The lowest BCUT2D eigenvalue weighted by atomic mass is 9.82. The first-order valence-corrected chi connectivity index (χ1v) is 11.4. The molecular weight excluding hydrogens is 461 g/mol. The van der Waals surface area contributed by atoms with E-state index in [2.05, 4.69) is 11.7 Å². The topological polar surface area (TPSA) is 52.6 Å². The van der Waals surface area contributed by atoms with Gasteiger partial charge in [0.1, 0.15) is 0 Å². The van der Waals surface area contributed by atoms with E-state index < -0.39 is 42.0 Å². The molecule has 0 saturated heterocycles. The minimum absolute atomic E-state index is 0.0357. The van der Waals surface area contributed by atoms with Crippen molar-refractivity contribution in [3.05, 3.63) is 0 Å². The maximum atomic E-state index is 13.4. The Morgan fingerprint density at radius 1 is 0.636 bits per heavy atom. The Labute approximate surface area is 190 Å². The van der Waals surface area contributed by atoms with E-state index in [4.69, 9.17) is 4.74 Å². The summed E-state index contributed by atoms with van der Waals surface area (Å²) in [6.07, 6.45) is 2.02. The molecule has 0 heterocycles. The molecule has 0 saturated carbocycles. The number of carbonyl (C=O) groups excluding carboxylic acids is 2. The van der Waals surface area contributed by atoms with E-state index in [1.54, 1.807) is 0 Å². The summed E-state index contributed by atoms with van der Waals surface area (Å²) in [6, 6.07) is 0. The molecule has 0 radical (unpaired) electrons. The average molecular weight is 497 g/mol. The zero-order valence-corrected chi connectivity index (χ0v) is 19.5. The van der Waals surface area contributed by atoms with Crippen LogP contribution >= 0.6 is 0 Å². The number of carbonyl (C=O) groups is 2. The van der Waals surface area contributed by atoms with Crippen LogP contribution in [0.4, 0.5) is 30.7 Å². The highest BCUT2D eigenvalue weighted by atomic mass is 19.4. The highest BCUT2D eigenvalue weighted by Crippen LogP contribution is 2.46. The van der Waals surface area contributed by atoms with Gasteiger partial charge in [-0.2, -0.15) is 30.7 Å². The molecule has 0 spiro atoms. The Morgan fingerprint density at radius 2 is 1.06 bits per heavy atom. The van der Waals surface area contributed by atoms with Gasteiger partial charge in [0.15, 0.2) is 12.0 Å². The lowest BCUT2D eigenvalue weighted by Gasteiger charge is -2.30. The van der Waals surface area contributed by atoms with Gasteiger partial charge in [0.2, 0.25) is 0 Å².